The van der Waals surface area contributed by atoms with Crippen LogP contribution in [0.2, 0.25) is 0 Å². The van der Waals surface area contributed by atoms with E-state index in [1.54, 1.807) is 0 Å². The Morgan fingerprint density at radius 1 is 1.11 bits per heavy atom. The van der Waals surface area contributed by atoms with Crippen LogP contribution in [-0.2, 0) is 11.2 Å². The highest BCUT2D eigenvalue weighted by atomic mass is 32.1. The Morgan fingerprint density at radius 2 is 2.00 bits per heavy atom. The topological polar surface area (TPSA) is 49.4 Å². The van der Waals surface area contributed by atoms with Crippen molar-refractivity contribution in [3.63, 3.8) is 0 Å². The predicted octanol–water partition coefficient (Wildman–Crippen LogP) is 3.84. The van der Waals surface area contributed by atoms with Crippen molar-refractivity contribution in [2.75, 3.05) is 19.6 Å². The lowest BCUT2D eigenvalue weighted by Gasteiger charge is -2.32. The van der Waals surface area contributed by atoms with Gasteiger partial charge in [-0.05, 0) is 54.7 Å². The van der Waals surface area contributed by atoms with E-state index in [1.165, 1.54) is 28.9 Å². The molecule has 0 unspecified atom stereocenters. The maximum absolute atomic E-state index is 12.8. The Kier molecular flexibility index (Phi) is 5.58. The third-order valence-corrected chi connectivity index (χ3v) is 6.69. The SMILES string of the molecule is O=C(NC[C@@H]1CCCc2ccccc21)[C@@H]1CCCN(C(=O)c2cccs2)C1. The number of nitrogens with zero attached hydrogens (tertiary/aromatic N) is 1. The number of aryl methyl sites for hydroxylation is 1. The molecule has 2 aromatic rings. The van der Waals surface area contributed by atoms with Gasteiger partial charge < -0.3 is 10.2 Å². The van der Waals surface area contributed by atoms with E-state index in [2.05, 4.69) is 29.6 Å². The maximum atomic E-state index is 12.8. The number of fused-ring (bicyclic) bond motifs is 1. The normalized spacial score (nSPS) is 22.1. The van der Waals surface area contributed by atoms with Gasteiger partial charge in [0.1, 0.15) is 0 Å². The summed E-state index contributed by atoms with van der Waals surface area (Å²) in [5.74, 6) is 0.471. The summed E-state index contributed by atoms with van der Waals surface area (Å²) in [6.07, 6.45) is 5.21. The van der Waals surface area contributed by atoms with Crippen molar-refractivity contribution in [2.45, 2.75) is 38.0 Å². The van der Waals surface area contributed by atoms with Crippen molar-refractivity contribution in [1.29, 1.82) is 0 Å². The van der Waals surface area contributed by atoms with Gasteiger partial charge in [-0.3, -0.25) is 9.59 Å². The molecule has 1 aromatic carbocycles. The van der Waals surface area contributed by atoms with Gasteiger partial charge in [-0.2, -0.15) is 0 Å². The quantitative estimate of drug-likeness (QED) is 0.873. The average Bonchev–Trinajstić information content (AvgIpc) is 3.26. The number of piperidine rings is 1. The zero-order valence-corrected chi connectivity index (χ0v) is 16.3. The largest absolute Gasteiger partial charge is 0.355 e. The number of carbonyl (C=O) groups excluding carboxylic acids is 2. The fourth-order valence-electron chi connectivity index (χ4n) is 4.37. The predicted molar refractivity (Wildman–Crippen MR) is 108 cm³/mol. The zero-order valence-electron chi connectivity index (χ0n) is 15.5. The summed E-state index contributed by atoms with van der Waals surface area (Å²) in [6, 6.07) is 12.4. The van der Waals surface area contributed by atoms with Crippen LogP contribution >= 0.6 is 11.3 Å². The van der Waals surface area contributed by atoms with E-state index in [4.69, 9.17) is 0 Å². The second-order valence-corrected chi connectivity index (χ2v) is 8.55. The van der Waals surface area contributed by atoms with Crippen molar-refractivity contribution in [1.82, 2.24) is 10.2 Å². The van der Waals surface area contributed by atoms with Gasteiger partial charge in [0.2, 0.25) is 5.91 Å². The number of amides is 2. The van der Waals surface area contributed by atoms with E-state index >= 15 is 0 Å². The summed E-state index contributed by atoms with van der Waals surface area (Å²) < 4.78 is 0. The molecule has 27 heavy (non-hydrogen) atoms. The molecule has 2 atom stereocenters. The number of thiophene rings is 1. The van der Waals surface area contributed by atoms with Crippen molar-refractivity contribution in [3.8, 4) is 0 Å². The third-order valence-electron chi connectivity index (χ3n) is 5.83. The van der Waals surface area contributed by atoms with Gasteiger partial charge in [-0.1, -0.05) is 30.3 Å². The van der Waals surface area contributed by atoms with E-state index in [0.29, 0.717) is 19.0 Å². The van der Waals surface area contributed by atoms with Gasteiger partial charge in [0.15, 0.2) is 0 Å². The summed E-state index contributed by atoms with van der Waals surface area (Å²) >= 11 is 1.47. The van der Waals surface area contributed by atoms with Gasteiger partial charge in [0, 0.05) is 25.6 Å². The lowest BCUT2D eigenvalue weighted by atomic mass is 9.82. The molecular formula is C22H26N2O2S. The van der Waals surface area contributed by atoms with Crippen LogP contribution in [0.4, 0.5) is 0 Å². The Morgan fingerprint density at radius 3 is 2.85 bits per heavy atom. The smallest absolute Gasteiger partial charge is 0.263 e. The number of rotatable bonds is 4. The fourth-order valence-corrected chi connectivity index (χ4v) is 5.06. The Labute approximate surface area is 164 Å². The number of hydrogen-bond donors (Lipinski definition) is 1. The van der Waals surface area contributed by atoms with Gasteiger partial charge in [0.05, 0.1) is 10.8 Å². The first-order valence-corrected chi connectivity index (χ1v) is 10.8. The second-order valence-electron chi connectivity index (χ2n) is 7.60. The Bertz CT molecular complexity index is 802. The van der Waals surface area contributed by atoms with Gasteiger partial charge in [-0.25, -0.2) is 0 Å². The highest BCUT2D eigenvalue weighted by Gasteiger charge is 2.30. The molecule has 1 saturated heterocycles. The minimum atomic E-state index is -0.0958. The Balaban J connectivity index is 1.34. The molecule has 1 aromatic heterocycles. The molecule has 4 nitrogen and oxygen atoms in total. The molecule has 5 heteroatoms. The van der Waals surface area contributed by atoms with Crippen molar-refractivity contribution in [2.24, 2.45) is 5.92 Å². The first kappa shape index (κ1) is 18.2. The van der Waals surface area contributed by atoms with Gasteiger partial charge in [-0.15, -0.1) is 11.3 Å². The van der Waals surface area contributed by atoms with Gasteiger partial charge in [0.25, 0.3) is 5.91 Å². The van der Waals surface area contributed by atoms with E-state index < -0.39 is 0 Å². The summed E-state index contributed by atoms with van der Waals surface area (Å²) in [5, 5.41) is 5.10. The first-order chi connectivity index (χ1) is 13.2. The van der Waals surface area contributed by atoms with Crippen molar-refractivity contribution < 1.29 is 9.59 Å². The first-order valence-electron chi connectivity index (χ1n) is 9.90. The highest BCUT2D eigenvalue weighted by molar-refractivity contribution is 7.12. The van der Waals surface area contributed by atoms with E-state index in [-0.39, 0.29) is 17.7 Å². The molecule has 4 rings (SSSR count). The van der Waals surface area contributed by atoms with Crippen LogP contribution in [0.15, 0.2) is 41.8 Å². The molecule has 2 heterocycles. The highest BCUT2D eigenvalue weighted by Crippen LogP contribution is 2.31. The number of carbonyl (C=O) groups is 2. The van der Waals surface area contributed by atoms with Crippen molar-refractivity contribution in [3.05, 3.63) is 57.8 Å². The van der Waals surface area contributed by atoms with E-state index in [0.717, 1.165) is 37.1 Å². The second kappa shape index (κ2) is 8.26. The molecular weight excluding hydrogens is 356 g/mol. The lowest BCUT2D eigenvalue weighted by Crippen LogP contribution is -2.46. The molecule has 1 N–H and O–H groups in total. The van der Waals surface area contributed by atoms with Crippen molar-refractivity contribution >= 4 is 23.2 Å². The van der Waals surface area contributed by atoms with Gasteiger partial charge >= 0.3 is 0 Å². The van der Waals surface area contributed by atoms with E-state index in [9.17, 15) is 9.59 Å². The molecule has 0 bridgehead atoms. The summed E-state index contributed by atoms with van der Waals surface area (Å²) in [6.45, 7) is 1.98. The molecule has 1 aliphatic carbocycles. The standard InChI is InChI=1S/C22H26N2O2S/c25-21(23-14-17-8-3-7-16-6-1-2-10-19(16)17)18-9-4-12-24(15-18)22(26)20-11-5-13-27-20/h1-2,5-6,10-11,13,17-18H,3-4,7-9,12,14-15H2,(H,23,25)/t17-,18+/m0/s1. The Hall–Kier alpha value is -2.14. The average molecular weight is 383 g/mol. The van der Waals surface area contributed by atoms with Crippen LogP contribution in [0.3, 0.4) is 0 Å². The molecule has 2 aliphatic rings. The molecule has 1 aliphatic heterocycles. The molecule has 2 amide bonds. The summed E-state index contributed by atoms with van der Waals surface area (Å²) in [7, 11) is 0. The minimum absolute atomic E-state index is 0.0590. The molecule has 0 saturated carbocycles. The monoisotopic (exact) mass is 382 g/mol. The minimum Gasteiger partial charge on any atom is -0.355 e. The number of benzene rings is 1. The molecule has 142 valence electrons. The van der Waals surface area contributed by atoms with Crippen LogP contribution in [0.1, 0.15) is 52.4 Å². The van der Waals surface area contributed by atoms with Crippen LogP contribution in [0.5, 0.6) is 0 Å². The maximum Gasteiger partial charge on any atom is 0.263 e. The van der Waals surface area contributed by atoms with Crippen LogP contribution in [0, 0.1) is 5.92 Å². The third kappa shape index (κ3) is 4.08. The number of likely N-dealkylation sites (tertiary alicyclic amines) is 1. The molecule has 0 radical (unpaired) electrons. The molecule has 1 fully saturated rings. The van der Waals surface area contributed by atoms with Crippen LogP contribution < -0.4 is 5.32 Å². The van der Waals surface area contributed by atoms with E-state index in [1.807, 2.05) is 22.4 Å². The fraction of sp³-hybridized carbons (Fsp3) is 0.455. The van der Waals surface area contributed by atoms with Crippen LogP contribution in [0.25, 0.3) is 0 Å². The summed E-state index contributed by atoms with van der Waals surface area (Å²) in [4.78, 5) is 27.9. The van der Waals surface area contributed by atoms with Crippen LogP contribution in [-0.4, -0.2) is 36.3 Å². The summed E-state index contributed by atoms with van der Waals surface area (Å²) in [5.41, 5.74) is 2.82. The number of hydrogen-bond acceptors (Lipinski definition) is 3. The molecule has 0 spiro atoms. The zero-order chi connectivity index (χ0) is 18.6. The lowest BCUT2D eigenvalue weighted by molar-refractivity contribution is -0.126. The number of nitrogens with one attached hydrogen (secondary N) is 1.